The third-order valence-electron chi connectivity index (χ3n) is 6.85. The molecule has 4 aliphatic rings. The minimum absolute atomic E-state index is 0.299. The van der Waals surface area contributed by atoms with Gasteiger partial charge in [-0.25, -0.2) is 13.4 Å². The molecule has 0 bridgehead atoms. The van der Waals surface area contributed by atoms with Gasteiger partial charge in [0.25, 0.3) is 5.91 Å². The summed E-state index contributed by atoms with van der Waals surface area (Å²) in [6, 6.07) is 1.09. The molecule has 13 heteroatoms. The lowest BCUT2D eigenvalue weighted by molar-refractivity contribution is -0.130. The molecule has 12 nitrogen and oxygen atoms in total. The lowest BCUT2D eigenvalue weighted by atomic mass is 10.1. The van der Waals surface area contributed by atoms with Crippen molar-refractivity contribution in [3.8, 4) is 5.88 Å². The lowest BCUT2D eigenvalue weighted by Crippen LogP contribution is -2.55. The second-order valence-electron chi connectivity index (χ2n) is 9.41. The van der Waals surface area contributed by atoms with Crippen molar-refractivity contribution >= 4 is 27.8 Å². The Morgan fingerprint density at radius 3 is 2.77 bits per heavy atom. The van der Waals surface area contributed by atoms with Gasteiger partial charge in [-0.3, -0.25) is 14.3 Å². The van der Waals surface area contributed by atoms with Gasteiger partial charge < -0.3 is 25.0 Å². The maximum atomic E-state index is 13.0. The van der Waals surface area contributed by atoms with E-state index < -0.39 is 32.8 Å². The smallest absolute Gasteiger partial charge is 0.259 e. The maximum absolute atomic E-state index is 13.0. The van der Waals surface area contributed by atoms with Crippen molar-refractivity contribution in [2.24, 2.45) is 5.92 Å². The Hall–Kier alpha value is -2.77. The molecule has 2 aliphatic heterocycles. The van der Waals surface area contributed by atoms with Crippen LogP contribution in [0.5, 0.6) is 5.88 Å². The first-order chi connectivity index (χ1) is 16.8. The van der Waals surface area contributed by atoms with Crippen molar-refractivity contribution in [2.75, 3.05) is 37.7 Å². The molecular formula is C22H30N6O6S. The Morgan fingerprint density at radius 1 is 1.31 bits per heavy atom. The van der Waals surface area contributed by atoms with Crippen molar-refractivity contribution < 1.29 is 27.5 Å². The van der Waals surface area contributed by atoms with Crippen molar-refractivity contribution in [2.45, 2.75) is 48.6 Å². The number of morpholine rings is 1. The van der Waals surface area contributed by atoms with Crippen LogP contribution in [-0.4, -0.2) is 86.0 Å². The molecule has 0 spiro atoms. The first kappa shape index (κ1) is 23.9. The third-order valence-corrected chi connectivity index (χ3v) is 8.67. The number of ether oxygens (including phenoxy) is 2. The monoisotopic (exact) mass is 506 g/mol. The van der Waals surface area contributed by atoms with Crippen LogP contribution in [0, 0.1) is 5.92 Å². The van der Waals surface area contributed by atoms with Gasteiger partial charge in [-0.05, 0) is 19.3 Å². The molecule has 190 valence electrons. The standard InChI is InChI=1S/C22H30N6O6S/c1-2-14-12-22(14,20(30)27-35(31,32)16-3-4-16)26-19(29)17-11-15(13-24-17)34-18-5-6-23-21(25-18)28-7-9-33-10-8-28/h2,5-6,14-17,24H,1,3-4,7-13H2,(H,26,29)(H,27,30)/t14?,15?,17-,22?/m0/s1. The van der Waals surface area contributed by atoms with Crippen molar-refractivity contribution in [1.29, 1.82) is 0 Å². The number of carbonyl (C=O) groups is 2. The number of sulfonamides is 1. The summed E-state index contributed by atoms with van der Waals surface area (Å²) in [5, 5.41) is 5.37. The summed E-state index contributed by atoms with van der Waals surface area (Å²) in [5.74, 6) is -0.413. The number of aromatic nitrogens is 2. The molecule has 4 atom stereocenters. The third kappa shape index (κ3) is 5.11. The summed E-state index contributed by atoms with van der Waals surface area (Å²) < 4.78 is 38.0. The highest BCUT2D eigenvalue weighted by molar-refractivity contribution is 7.91. The maximum Gasteiger partial charge on any atom is 0.259 e. The fourth-order valence-corrected chi connectivity index (χ4v) is 5.86. The van der Waals surface area contributed by atoms with Crippen LogP contribution in [0.4, 0.5) is 5.95 Å². The number of anilines is 1. The van der Waals surface area contributed by atoms with E-state index in [-0.39, 0.29) is 17.9 Å². The Bertz CT molecular complexity index is 1110. The molecule has 0 radical (unpaired) electrons. The molecule has 1 aromatic heterocycles. The zero-order valence-corrected chi connectivity index (χ0v) is 20.1. The summed E-state index contributed by atoms with van der Waals surface area (Å²) >= 11 is 0. The largest absolute Gasteiger partial charge is 0.473 e. The van der Waals surface area contributed by atoms with Gasteiger partial charge in [0.1, 0.15) is 11.6 Å². The number of carbonyl (C=O) groups excluding carboxylic acids is 2. The summed E-state index contributed by atoms with van der Waals surface area (Å²) in [4.78, 5) is 36.7. The SMILES string of the molecule is C=CC1CC1(NC(=O)[C@@H]1CC(Oc2ccnc(N3CCOCC3)n2)CN1)C(=O)NS(=O)(=O)C1CC1. The predicted octanol–water partition coefficient (Wildman–Crippen LogP) is -0.908. The molecule has 2 aliphatic carbocycles. The van der Waals surface area contributed by atoms with Crippen LogP contribution in [0.2, 0.25) is 0 Å². The average Bonchev–Trinajstić information content (AvgIpc) is 3.77. The molecule has 3 unspecified atom stereocenters. The van der Waals surface area contributed by atoms with Gasteiger partial charge in [-0.1, -0.05) is 6.08 Å². The van der Waals surface area contributed by atoms with Gasteiger partial charge >= 0.3 is 0 Å². The summed E-state index contributed by atoms with van der Waals surface area (Å²) in [5.41, 5.74) is -1.29. The molecule has 3 heterocycles. The summed E-state index contributed by atoms with van der Waals surface area (Å²) in [7, 11) is -3.71. The highest BCUT2D eigenvalue weighted by atomic mass is 32.2. The van der Waals surface area contributed by atoms with Crippen LogP contribution in [-0.2, 0) is 24.3 Å². The van der Waals surface area contributed by atoms with Crippen LogP contribution in [0.25, 0.3) is 0 Å². The van der Waals surface area contributed by atoms with Crippen LogP contribution < -0.4 is 25.0 Å². The number of rotatable bonds is 9. The molecule has 35 heavy (non-hydrogen) atoms. The van der Waals surface area contributed by atoms with Gasteiger partial charge in [-0.2, -0.15) is 4.98 Å². The van der Waals surface area contributed by atoms with Gasteiger partial charge in [0.05, 0.1) is 24.5 Å². The van der Waals surface area contributed by atoms with E-state index in [2.05, 4.69) is 31.9 Å². The Labute approximate surface area is 203 Å². The second-order valence-corrected chi connectivity index (χ2v) is 11.4. The van der Waals surface area contributed by atoms with E-state index in [1.165, 1.54) is 0 Å². The summed E-state index contributed by atoms with van der Waals surface area (Å²) in [6.07, 6.45) is 4.68. The van der Waals surface area contributed by atoms with E-state index in [1.807, 2.05) is 4.90 Å². The van der Waals surface area contributed by atoms with Crippen molar-refractivity contribution in [3.63, 3.8) is 0 Å². The average molecular weight is 507 g/mol. The normalized spacial score (nSPS) is 30.4. The number of hydrogen-bond donors (Lipinski definition) is 3. The number of nitrogens with zero attached hydrogens (tertiary/aromatic N) is 3. The Balaban J connectivity index is 1.17. The molecule has 0 aromatic carbocycles. The minimum Gasteiger partial charge on any atom is -0.473 e. The molecule has 2 saturated heterocycles. The number of amides is 2. The van der Waals surface area contributed by atoms with Crippen molar-refractivity contribution in [1.82, 2.24) is 25.3 Å². The fraction of sp³-hybridized carbons (Fsp3) is 0.636. The minimum atomic E-state index is -3.71. The lowest BCUT2D eigenvalue weighted by Gasteiger charge is -2.26. The number of hydrogen-bond acceptors (Lipinski definition) is 10. The van der Waals surface area contributed by atoms with E-state index in [0.29, 0.717) is 70.4 Å². The molecule has 4 fully saturated rings. The quantitative estimate of drug-likeness (QED) is 0.359. The zero-order valence-electron chi connectivity index (χ0n) is 19.3. The summed E-state index contributed by atoms with van der Waals surface area (Å²) in [6.45, 7) is 6.79. The van der Waals surface area contributed by atoms with Crippen LogP contribution in [0.15, 0.2) is 24.9 Å². The molecule has 2 saturated carbocycles. The van der Waals surface area contributed by atoms with Gasteiger partial charge in [0, 0.05) is 44.2 Å². The fourth-order valence-electron chi connectivity index (χ4n) is 4.50. The highest BCUT2D eigenvalue weighted by Crippen LogP contribution is 2.45. The second kappa shape index (κ2) is 9.36. The van der Waals surface area contributed by atoms with Gasteiger partial charge in [0.15, 0.2) is 0 Å². The van der Waals surface area contributed by atoms with E-state index in [9.17, 15) is 18.0 Å². The molecule has 2 amide bonds. The zero-order chi connectivity index (χ0) is 24.6. The van der Waals surface area contributed by atoms with Crippen LogP contribution >= 0.6 is 0 Å². The first-order valence-electron chi connectivity index (χ1n) is 11.9. The predicted molar refractivity (Wildman–Crippen MR) is 125 cm³/mol. The molecular weight excluding hydrogens is 476 g/mol. The molecule has 1 aromatic rings. The van der Waals surface area contributed by atoms with Crippen molar-refractivity contribution in [3.05, 3.63) is 24.9 Å². The van der Waals surface area contributed by atoms with Crippen LogP contribution in [0.1, 0.15) is 25.7 Å². The molecule has 5 rings (SSSR count). The topological polar surface area (TPSA) is 152 Å². The van der Waals surface area contributed by atoms with Gasteiger partial charge in [0.2, 0.25) is 27.8 Å². The Morgan fingerprint density at radius 2 is 2.09 bits per heavy atom. The van der Waals surface area contributed by atoms with Crippen LogP contribution in [0.3, 0.4) is 0 Å². The van der Waals surface area contributed by atoms with E-state index in [1.54, 1.807) is 18.3 Å². The number of nitrogens with one attached hydrogen (secondary N) is 3. The van der Waals surface area contributed by atoms with E-state index >= 15 is 0 Å². The first-order valence-corrected chi connectivity index (χ1v) is 13.4. The highest BCUT2D eigenvalue weighted by Gasteiger charge is 2.61. The van der Waals surface area contributed by atoms with E-state index in [0.717, 1.165) is 0 Å². The Kier molecular flexibility index (Phi) is 6.40. The van der Waals surface area contributed by atoms with Gasteiger partial charge in [-0.15, -0.1) is 6.58 Å². The van der Waals surface area contributed by atoms with E-state index in [4.69, 9.17) is 9.47 Å². The molecule has 3 N–H and O–H groups in total.